The van der Waals surface area contributed by atoms with E-state index in [9.17, 15) is 13.6 Å². The molecular weight excluding hydrogens is 130 g/mol. The van der Waals surface area contributed by atoms with Crippen LogP contribution in [0.3, 0.4) is 0 Å². The van der Waals surface area contributed by atoms with Gasteiger partial charge in [0.1, 0.15) is 6.17 Å². The van der Waals surface area contributed by atoms with Crippen LogP contribution in [-0.2, 0) is 4.79 Å². The van der Waals surface area contributed by atoms with Crippen LogP contribution in [0.15, 0.2) is 0 Å². The van der Waals surface area contributed by atoms with E-state index in [0.29, 0.717) is 0 Å². The highest BCUT2D eigenvalue weighted by molar-refractivity contribution is 5.72. The molecule has 0 fully saturated rings. The first-order valence-corrected chi connectivity index (χ1v) is 2.60. The predicted molar refractivity (Wildman–Crippen MR) is 27.7 cm³/mol. The maximum Gasteiger partial charge on any atom is 0.341 e. The summed E-state index contributed by atoms with van der Waals surface area (Å²) in [4.78, 5) is 9.68. The van der Waals surface area contributed by atoms with Crippen molar-refractivity contribution in [3.8, 4) is 0 Å². The number of carboxylic acid groups (broad SMARTS) is 1. The van der Waals surface area contributed by atoms with Gasteiger partial charge in [0, 0.05) is 0 Å². The zero-order chi connectivity index (χ0) is 7.44. The van der Waals surface area contributed by atoms with Crippen molar-refractivity contribution in [2.24, 2.45) is 0 Å². The molecular formula is C5H8F2O2. The molecule has 54 valence electrons. The van der Waals surface area contributed by atoms with Gasteiger partial charge in [-0.05, 0) is 6.42 Å². The second-order valence-electron chi connectivity index (χ2n) is 1.66. The summed E-state index contributed by atoms with van der Waals surface area (Å²) in [5, 5.41) is 7.87. The maximum atomic E-state index is 12.0. The monoisotopic (exact) mass is 138 g/mol. The number of hydrogen-bond acceptors (Lipinski definition) is 1. The molecule has 2 unspecified atom stereocenters. The summed E-state index contributed by atoms with van der Waals surface area (Å²) >= 11 is 0. The molecule has 9 heavy (non-hydrogen) atoms. The molecule has 0 spiro atoms. The second-order valence-corrected chi connectivity index (χ2v) is 1.66. The van der Waals surface area contributed by atoms with E-state index >= 15 is 0 Å². The Hall–Kier alpha value is -0.670. The first-order valence-electron chi connectivity index (χ1n) is 2.60. The van der Waals surface area contributed by atoms with E-state index in [1.807, 2.05) is 0 Å². The number of hydrogen-bond donors (Lipinski definition) is 1. The molecule has 0 aromatic carbocycles. The molecule has 0 aliphatic rings. The van der Waals surface area contributed by atoms with Gasteiger partial charge in [-0.1, -0.05) is 6.92 Å². The topological polar surface area (TPSA) is 37.3 Å². The van der Waals surface area contributed by atoms with Crippen molar-refractivity contribution >= 4 is 5.97 Å². The summed E-state index contributed by atoms with van der Waals surface area (Å²) in [5.74, 6) is -1.73. The molecule has 0 aliphatic heterocycles. The average molecular weight is 138 g/mol. The zero-order valence-corrected chi connectivity index (χ0v) is 4.97. The van der Waals surface area contributed by atoms with E-state index in [1.165, 1.54) is 6.92 Å². The van der Waals surface area contributed by atoms with Crippen LogP contribution >= 0.6 is 0 Å². The van der Waals surface area contributed by atoms with Gasteiger partial charge in [-0.25, -0.2) is 13.6 Å². The molecule has 0 aliphatic carbocycles. The van der Waals surface area contributed by atoms with Crippen LogP contribution in [0.5, 0.6) is 0 Å². The lowest BCUT2D eigenvalue weighted by Crippen LogP contribution is -2.25. The number of alkyl halides is 2. The SMILES string of the molecule is CCC(F)C(F)C(=O)O. The van der Waals surface area contributed by atoms with E-state index in [0.717, 1.165) is 0 Å². The van der Waals surface area contributed by atoms with Gasteiger partial charge < -0.3 is 5.11 Å². The van der Waals surface area contributed by atoms with Crippen molar-refractivity contribution in [3.05, 3.63) is 0 Å². The molecule has 0 saturated heterocycles. The number of carbonyl (C=O) groups is 1. The lowest BCUT2D eigenvalue weighted by Gasteiger charge is -2.04. The fourth-order valence-electron chi connectivity index (χ4n) is 0.362. The highest BCUT2D eigenvalue weighted by atomic mass is 19.2. The highest BCUT2D eigenvalue weighted by Crippen LogP contribution is 2.07. The first kappa shape index (κ1) is 8.33. The summed E-state index contributed by atoms with van der Waals surface area (Å²) in [6, 6.07) is 0. The van der Waals surface area contributed by atoms with Crippen LogP contribution in [0.4, 0.5) is 8.78 Å². The molecule has 0 heterocycles. The van der Waals surface area contributed by atoms with Crippen molar-refractivity contribution < 1.29 is 18.7 Å². The third-order valence-corrected chi connectivity index (χ3v) is 0.943. The normalized spacial score (nSPS) is 16.8. The molecule has 0 rings (SSSR count). The van der Waals surface area contributed by atoms with Gasteiger partial charge in [0.2, 0.25) is 6.17 Å². The third-order valence-electron chi connectivity index (χ3n) is 0.943. The molecule has 2 nitrogen and oxygen atoms in total. The molecule has 0 radical (unpaired) electrons. The van der Waals surface area contributed by atoms with Gasteiger partial charge in [0.15, 0.2) is 0 Å². The minimum atomic E-state index is -2.37. The minimum absolute atomic E-state index is 0.104. The number of rotatable bonds is 3. The third kappa shape index (κ3) is 2.39. The Morgan fingerprint density at radius 2 is 2.11 bits per heavy atom. The van der Waals surface area contributed by atoms with Gasteiger partial charge >= 0.3 is 5.97 Å². The average Bonchev–Trinajstić information content (AvgIpc) is 1.84. The molecule has 0 aromatic heterocycles. The molecule has 1 N–H and O–H groups in total. The molecule has 0 amide bonds. The van der Waals surface area contributed by atoms with Crippen molar-refractivity contribution in [3.63, 3.8) is 0 Å². The van der Waals surface area contributed by atoms with Crippen LogP contribution in [0, 0.1) is 0 Å². The Morgan fingerprint density at radius 3 is 2.22 bits per heavy atom. The summed E-state index contributed by atoms with van der Waals surface area (Å²) in [6.07, 6.45) is -4.34. The van der Waals surface area contributed by atoms with E-state index in [2.05, 4.69) is 0 Å². The summed E-state index contributed by atoms with van der Waals surface area (Å²) in [6.45, 7) is 1.39. The lowest BCUT2D eigenvalue weighted by atomic mass is 10.2. The van der Waals surface area contributed by atoms with Crippen LogP contribution < -0.4 is 0 Å². The van der Waals surface area contributed by atoms with E-state index in [-0.39, 0.29) is 6.42 Å². The van der Waals surface area contributed by atoms with Gasteiger partial charge in [0.05, 0.1) is 0 Å². The summed E-state index contributed by atoms with van der Waals surface area (Å²) in [7, 11) is 0. The number of aliphatic carboxylic acids is 1. The van der Waals surface area contributed by atoms with Gasteiger partial charge in [-0.3, -0.25) is 0 Å². The lowest BCUT2D eigenvalue weighted by molar-refractivity contribution is -0.145. The van der Waals surface area contributed by atoms with Crippen LogP contribution in [0.25, 0.3) is 0 Å². The summed E-state index contributed by atoms with van der Waals surface area (Å²) in [5.41, 5.74) is 0. The number of carboxylic acids is 1. The Morgan fingerprint density at radius 1 is 1.67 bits per heavy atom. The molecule has 0 saturated carbocycles. The zero-order valence-electron chi connectivity index (χ0n) is 4.97. The fraction of sp³-hybridized carbons (Fsp3) is 0.800. The highest BCUT2D eigenvalue weighted by Gasteiger charge is 2.25. The quantitative estimate of drug-likeness (QED) is 0.635. The van der Waals surface area contributed by atoms with Gasteiger partial charge in [-0.15, -0.1) is 0 Å². The van der Waals surface area contributed by atoms with Gasteiger partial charge in [-0.2, -0.15) is 0 Å². The van der Waals surface area contributed by atoms with E-state index in [4.69, 9.17) is 5.11 Å². The smallest absolute Gasteiger partial charge is 0.341 e. The largest absolute Gasteiger partial charge is 0.479 e. The van der Waals surface area contributed by atoms with E-state index < -0.39 is 18.3 Å². The Labute approximate surface area is 51.5 Å². The predicted octanol–water partition coefficient (Wildman–Crippen LogP) is 1.16. The maximum absolute atomic E-state index is 12.0. The molecule has 0 aromatic rings. The summed E-state index contributed by atoms with van der Waals surface area (Å²) < 4.78 is 24.0. The number of halogens is 2. The fourth-order valence-corrected chi connectivity index (χ4v) is 0.362. The molecule has 0 bridgehead atoms. The van der Waals surface area contributed by atoms with Gasteiger partial charge in [0.25, 0.3) is 0 Å². The van der Waals surface area contributed by atoms with Crippen molar-refractivity contribution in [2.45, 2.75) is 25.7 Å². The molecule has 2 atom stereocenters. The standard InChI is InChI=1S/C5H8F2O2/c1-2-3(6)4(7)5(8)9/h3-4H,2H2,1H3,(H,8,9). The Kier molecular flexibility index (Phi) is 3.12. The second kappa shape index (κ2) is 3.37. The Bertz CT molecular complexity index is 105. The van der Waals surface area contributed by atoms with Crippen molar-refractivity contribution in [2.75, 3.05) is 0 Å². The van der Waals surface area contributed by atoms with Crippen LogP contribution in [0.1, 0.15) is 13.3 Å². The Balaban J connectivity index is 3.72. The van der Waals surface area contributed by atoms with E-state index in [1.54, 1.807) is 0 Å². The minimum Gasteiger partial charge on any atom is -0.479 e. The molecule has 4 heteroatoms. The van der Waals surface area contributed by atoms with Crippen molar-refractivity contribution in [1.29, 1.82) is 0 Å². The van der Waals surface area contributed by atoms with Crippen molar-refractivity contribution in [1.82, 2.24) is 0 Å². The first-order chi connectivity index (χ1) is 4.09. The van der Waals surface area contributed by atoms with Crippen LogP contribution in [0.2, 0.25) is 0 Å². The van der Waals surface area contributed by atoms with Crippen LogP contribution in [-0.4, -0.2) is 23.4 Å².